The summed E-state index contributed by atoms with van der Waals surface area (Å²) in [4.78, 5) is 19.9. The van der Waals surface area contributed by atoms with Gasteiger partial charge in [-0.1, -0.05) is 76.6 Å². The Morgan fingerprint density at radius 3 is 2.21 bits per heavy atom. The predicted octanol–water partition coefficient (Wildman–Crippen LogP) is 9.63. The maximum absolute atomic E-state index is 14.7. The van der Waals surface area contributed by atoms with Crippen LogP contribution in [0, 0.1) is 41.4 Å². The molecule has 250 valence electrons. The van der Waals surface area contributed by atoms with Crippen LogP contribution in [0.5, 0.6) is 0 Å². The zero-order chi connectivity index (χ0) is 33.6. The highest BCUT2D eigenvalue weighted by molar-refractivity contribution is 6.74. The van der Waals surface area contributed by atoms with E-state index in [1.54, 1.807) is 0 Å². The summed E-state index contributed by atoms with van der Waals surface area (Å²) in [5.41, 5.74) is 5.74. The molecule has 0 saturated heterocycles. The van der Waals surface area contributed by atoms with Crippen LogP contribution in [-0.4, -0.2) is 24.0 Å². The molecule has 5 nitrogen and oxygen atoms in total. The Bertz CT molecular complexity index is 1660. The molecule has 0 N–H and O–H groups in total. The average Bonchev–Trinajstić information content (AvgIpc) is 3.02. The lowest BCUT2D eigenvalue weighted by Gasteiger charge is -2.60. The molecule has 0 aliphatic heterocycles. The third-order valence-corrected chi connectivity index (χ3v) is 16.8. The normalized spacial score (nSPS) is 24.3. The molecule has 2 aromatic carbocycles. The first kappa shape index (κ1) is 33.9. The molecular formula is C41H55N3O2Si. The Kier molecular flexibility index (Phi) is 9.46. The topological polar surface area (TPSA) is 67.9 Å². The molecule has 0 amide bonds. The number of nitriles is 1. The van der Waals surface area contributed by atoms with Gasteiger partial charge in [0.15, 0.2) is 8.32 Å². The van der Waals surface area contributed by atoms with E-state index in [0.29, 0.717) is 18.5 Å². The van der Waals surface area contributed by atoms with Gasteiger partial charge in [0.05, 0.1) is 30.0 Å². The van der Waals surface area contributed by atoms with Crippen molar-refractivity contribution >= 4 is 8.32 Å². The smallest absolute Gasteiger partial charge is 0.257 e. The van der Waals surface area contributed by atoms with Crippen LogP contribution in [0.1, 0.15) is 107 Å². The molecule has 1 unspecified atom stereocenters. The van der Waals surface area contributed by atoms with Crippen molar-refractivity contribution in [3.63, 3.8) is 0 Å². The van der Waals surface area contributed by atoms with Crippen molar-refractivity contribution in [3.8, 4) is 17.2 Å². The Morgan fingerprint density at radius 2 is 1.64 bits per heavy atom. The summed E-state index contributed by atoms with van der Waals surface area (Å²) in [6.07, 6.45) is 11.4. The lowest BCUT2D eigenvalue weighted by Crippen LogP contribution is -2.57. The summed E-state index contributed by atoms with van der Waals surface area (Å²) in [7, 11) is -2.11. The van der Waals surface area contributed by atoms with Crippen LogP contribution in [-0.2, 0) is 23.8 Å². The third-order valence-electron chi connectivity index (χ3n) is 12.4. The summed E-state index contributed by atoms with van der Waals surface area (Å²) in [6, 6.07) is 18.4. The highest BCUT2D eigenvalue weighted by Crippen LogP contribution is 2.62. The van der Waals surface area contributed by atoms with Crippen LogP contribution in [0.4, 0.5) is 0 Å². The van der Waals surface area contributed by atoms with E-state index in [4.69, 9.17) is 9.41 Å². The zero-order valence-corrected chi connectivity index (χ0v) is 30.9. The summed E-state index contributed by atoms with van der Waals surface area (Å²) in [5.74, 6) is 3.27. The zero-order valence-electron chi connectivity index (χ0n) is 29.9. The molecule has 3 aromatic rings. The number of rotatable bonds is 11. The van der Waals surface area contributed by atoms with Crippen LogP contribution in [0.15, 0.2) is 53.3 Å². The van der Waals surface area contributed by atoms with Crippen molar-refractivity contribution in [2.24, 2.45) is 23.2 Å². The minimum Gasteiger partial charge on any atom is -0.412 e. The Labute approximate surface area is 283 Å². The highest BCUT2D eigenvalue weighted by Gasteiger charge is 2.56. The number of nitrogens with zero attached hydrogens (tertiary/aromatic N) is 3. The lowest BCUT2D eigenvalue weighted by atomic mass is 9.48. The van der Waals surface area contributed by atoms with Crippen LogP contribution < -0.4 is 5.56 Å². The standard InChI is InChI=1S/C41H55N3O2Si/c1-8-9-14-37-36(22-29-15-17-33(18-16-29)35-13-11-10-12-34(35)26-42)39(45)44(28(2)43-37)27-38(46-47(6,7)40(3,4)5)41-23-30-19-31(24-41)21-32(20-30)25-41/h10-13,15-18,30-32,38H,8-9,14,19-25,27H2,1-7H3. The minimum absolute atomic E-state index is 0.0313. The maximum Gasteiger partial charge on any atom is 0.257 e. The number of benzene rings is 2. The minimum atomic E-state index is -2.11. The first-order valence-electron chi connectivity index (χ1n) is 18.2. The molecule has 4 fully saturated rings. The Hall–Kier alpha value is -3.01. The van der Waals surface area contributed by atoms with E-state index in [2.05, 4.69) is 71.1 Å². The van der Waals surface area contributed by atoms with Crippen molar-refractivity contribution in [3.05, 3.63) is 87.1 Å². The first-order valence-corrected chi connectivity index (χ1v) is 21.1. The first-order chi connectivity index (χ1) is 22.3. The van der Waals surface area contributed by atoms with Gasteiger partial charge in [0, 0.05) is 12.0 Å². The van der Waals surface area contributed by atoms with E-state index in [1.807, 2.05) is 35.8 Å². The number of aromatic nitrogens is 2. The molecule has 4 aliphatic rings. The molecule has 0 spiro atoms. The van der Waals surface area contributed by atoms with E-state index in [9.17, 15) is 10.1 Å². The van der Waals surface area contributed by atoms with Gasteiger partial charge in [0.2, 0.25) is 0 Å². The van der Waals surface area contributed by atoms with E-state index >= 15 is 0 Å². The molecule has 1 atom stereocenters. The van der Waals surface area contributed by atoms with Crippen LogP contribution >= 0.6 is 0 Å². The van der Waals surface area contributed by atoms with Gasteiger partial charge in [-0.2, -0.15) is 5.26 Å². The molecule has 1 heterocycles. The summed E-state index contributed by atoms with van der Waals surface area (Å²) in [5, 5.41) is 9.72. The van der Waals surface area contributed by atoms with Gasteiger partial charge < -0.3 is 4.43 Å². The van der Waals surface area contributed by atoms with Crippen molar-refractivity contribution in [2.75, 3.05) is 0 Å². The average molecular weight is 650 g/mol. The molecule has 4 saturated carbocycles. The van der Waals surface area contributed by atoms with Gasteiger partial charge >= 0.3 is 0 Å². The summed E-state index contributed by atoms with van der Waals surface area (Å²) in [6.45, 7) is 16.6. The molecule has 6 heteroatoms. The van der Waals surface area contributed by atoms with Crippen LogP contribution in [0.2, 0.25) is 18.1 Å². The summed E-state index contributed by atoms with van der Waals surface area (Å²) < 4.78 is 9.46. The third kappa shape index (κ3) is 6.81. The van der Waals surface area contributed by atoms with Gasteiger partial charge in [-0.05, 0) is 122 Å². The van der Waals surface area contributed by atoms with E-state index < -0.39 is 8.32 Å². The number of hydrogen-bond donors (Lipinski definition) is 0. The fraction of sp³-hybridized carbons (Fsp3) is 0.585. The summed E-state index contributed by atoms with van der Waals surface area (Å²) >= 11 is 0. The second-order valence-electron chi connectivity index (χ2n) is 16.8. The van der Waals surface area contributed by atoms with E-state index in [-0.39, 0.29) is 22.1 Å². The van der Waals surface area contributed by atoms with Crippen molar-refractivity contribution in [2.45, 2.75) is 130 Å². The van der Waals surface area contributed by atoms with Crippen LogP contribution in [0.3, 0.4) is 0 Å². The molecule has 7 rings (SSSR count). The Balaban J connectivity index is 1.37. The largest absolute Gasteiger partial charge is 0.412 e. The maximum atomic E-state index is 14.7. The SMILES string of the molecule is CCCCc1nc(C)n(CC(O[Si](C)(C)C(C)(C)C)C23CC4CC(CC(C4)C2)C3)c(=O)c1Cc1ccc(-c2ccccc2C#N)cc1. The van der Waals surface area contributed by atoms with Crippen molar-refractivity contribution < 1.29 is 4.43 Å². The molecule has 0 radical (unpaired) electrons. The van der Waals surface area contributed by atoms with Crippen molar-refractivity contribution in [1.29, 1.82) is 5.26 Å². The van der Waals surface area contributed by atoms with Gasteiger partial charge in [0.25, 0.3) is 5.56 Å². The van der Waals surface area contributed by atoms with Gasteiger partial charge in [0.1, 0.15) is 5.82 Å². The number of aryl methyl sites for hydroxylation is 2. The highest BCUT2D eigenvalue weighted by atomic mass is 28.4. The predicted molar refractivity (Wildman–Crippen MR) is 194 cm³/mol. The molecule has 1 aromatic heterocycles. The fourth-order valence-corrected chi connectivity index (χ4v) is 10.6. The lowest BCUT2D eigenvalue weighted by molar-refractivity contribution is -0.119. The second-order valence-corrected chi connectivity index (χ2v) is 21.5. The fourth-order valence-electron chi connectivity index (χ4n) is 9.16. The monoisotopic (exact) mass is 649 g/mol. The van der Waals surface area contributed by atoms with Gasteiger partial charge in [-0.15, -0.1) is 0 Å². The van der Waals surface area contributed by atoms with Crippen LogP contribution in [0.25, 0.3) is 11.1 Å². The molecule has 4 bridgehead atoms. The second kappa shape index (κ2) is 13.1. The molecule has 47 heavy (non-hydrogen) atoms. The van der Waals surface area contributed by atoms with Gasteiger partial charge in [-0.25, -0.2) is 4.98 Å². The Morgan fingerprint density at radius 1 is 1.02 bits per heavy atom. The molecule has 4 aliphatic carbocycles. The number of unbranched alkanes of at least 4 members (excludes halogenated alkanes) is 1. The van der Waals surface area contributed by atoms with Crippen molar-refractivity contribution in [1.82, 2.24) is 9.55 Å². The van der Waals surface area contributed by atoms with E-state index in [1.165, 1.54) is 38.5 Å². The van der Waals surface area contributed by atoms with E-state index in [0.717, 1.165) is 70.8 Å². The number of hydrogen-bond acceptors (Lipinski definition) is 4. The van der Waals surface area contributed by atoms with Gasteiger partial charge in [-0.3, -0.25) is 9.36 Å². The molecular weight excluding hydrogens is 595 g/mol. The quantitative estimate of drug-likeness (QED) is 0.194.